The molecule has 3 nitrogen and oxygen atoms in total. The second-order valence-corrected chi connectivity index (χ2v) is 5.24. The lowest BCUT2D eigenvalue weighted by Crippen LogP contribution is -2.03. The summed E-state index contributed by atoms with van der Waals surface area (Å²) in [6.45, 7) is 3.75. The Kier molecular flexibility index (Phi) is 3.52. The number of benzene rings is 1. The number of hydrogen-bond donors (Lipinski definition) is 0. The third-order valence-electron chi connectivity index (χ3n) is 3.39. The van der Waals surface area contributed by atoms with Crippen LogP contribution in [0.4, 0.5) is 0 Å². The van der Waals surface area contributed by atoms with Crippen molar-refractivity contribution in [2.45, 2.75) is 38.6 Å². The van der Waals surface area contributed by atoms with Crippen molar-refractivity contribution in [1.82, 2.24) is 0 Å². The zero-order chi connectivity index (χ0) is 12.4. The van der Waals surface area contributed by atoms with E-state index in [0.717, 1.165) is 31.3 Å². The average Bonchev–Trinajstić information content (AvgIpc) is 3.26. The molecule has 1 aromatic carbocycles. The van der Waals surface area contributed by atoms with Gasteiger partial charge in [0.2, 0.25) is 6.29 Å². The van der Waals surface area contributed by atoms with Crippen molar-refractivity contribution >= 4 is 0 Å². The van der Waals surface area contributed by atoms with Crippen LogP contribution in [0.15, 0.2) is 24.3 Å². The highest BCUT2D eigenvalue weighted by Crippen LogP contribution is 2.29. The fourth-order valence-corrected chi connectivity index (χ4v) is 1.92. The van der Waals surface area contributed by atoms with Gasteiger partial charge >= 0.3 is 0 Å². The second kappa shape index (κ2) is 5.29. The van der Waals surface area contributed by atoms with Crippen LogP contribution in [0.3, 0.4) is 0 Å². The van der Waals surface area contributed by atoms with Crippen molar-refractivity contribution in [2.75, 3.05) is 13.2 Å². The van der Waals surface area contributed by atoms with E-state index in [9.17, 15) is 0 Å². The molecule has 3 rings (SSSR count). The zero-order valence-corrected chi connectivity index (χ0v) is 10.8. The number of epoxide rings is 1. The van der Waals surface area contributed by atoms with E-state index < -0.39 is 0 Å². The van der Waals surface area contributed by atoms with Crippen LogP contribution in [-0.4, -0.2) is 25.6 Å². The molecule has 0 amide bonds. The molecule has 1 aliphatic carbocycles. The van der Waals surface area contributed by atoms with Gasteiger partial charge in [-0.2, -0.15) is 0 Å². The highest BCUT2D eigenvalue weighted by atomic mass is 16.8. The van der Waals surface area contributed by atoms with Crippen LogP contribution in [0.2, 0.25) is 0 Å². The molecule has 1 saturated heterocycles. The zero-order valence-electron chi connectivity index (χ0n) is 10.8. The molecule has 0 spiro atoms. The van der Waals surface area contributed by atoms with Gasteiger partial charge in [-0.3, -0.25) is 0 Å². The Balaban J connectivity index is 1.43. The maximum Gasteiger partial charge on any atom is 0.226 e. The second-order valence-electron chi connectivity index (χ2n) is 5.24. The van der Waals surface area contributed by atoms with E-state index in [1.54, 1.807) is 0 Å². The summed E-state index contributed by atoms with van der Waals surface area (Å²) in [5.41, 5.74) is 1.26. The predicted molar refractivity (Wildman–Crippen MR) is 68.7 cm³/mol. The molecule has 0 radical (unpaired) electrons. The molecule has 1 aliphatic heterocycles. The summed E-state index contributed by atoms with van der Waals surface area (Å²) in [7, 11) is 0. The van der Waals surface area contributed by atoms with Gasteiger partial charge in [-0.1, -0.05) is 12.1 Å². The molecule has 2 atom stereocenters. The normalized spacial score (nSPS) is 26.1. The van der Waals surface area contributed by atoms with Crippen molar-refractivity contribution in [3.05, 3.63) is 29.8 Å². The molecule has 3 heteroatoms. The third kappa shape index (κ3) is 3.47. The average molecular weight is 248 g/mol. The Bertz CT molecular complexity index is 400. The van der Waals surface area contributed by atoms with E-state index in [4.69, 9.17) is 14.2 Å². The monoisotopic (exact) mass is 248 g/mol. The molecule has 98 valence electrons. The van der Waals surface area contributed by atoms with Crippen LogP contribution in [0.25, 0.3) is 0 Å². The topological polar surface area (TPSA) is 31.0 Å². The molecule has 1 unspecified atom stereocenters. The molecule has 2 fully saturated rings. The molecule has 0 bridgehead atoms. The van der Waals surface area contributed by atoms with Crippen LogP contribution in [0.1, 0.15) is 25.3 Å². The first-order valence-electron chi connectivity index (χ1n) is 6.80. The minimum Gasteiger partial charge on any atom is -0.462 e. The largest absolute Gasteiger partial charge is 0.462 e. The number of rotatable bonds is 7. The number of hydrogen-bond acceptors (Lipinski definition) is 3. The van der Waals surface area contributed by atoms with Gasteiger partial charge in [-0.15, -0.1) is 0 Å². The molecular weight excluding hydrogens is 228 g/mol. The van der Waals surface area contributed by atoms with Gasteiger partial charge in [0, 0.05) is 6.61 Å². The molecule has 1 saturated carbocycles. The van der Waals surface area contributed by atoms with Crippen LogP contribution < -0.4 is 4.74 Å². The predicted octanol–water partition coefficient (Wildman–Crippen LogP) is 2.78. The van der Waals surface area contributed by atoms with Crippen molar-refractivity contribution in [1.29, 1.82) is 0 Å². The molecule has 0 N–H and O–H groups in total. The van der Waals surface area contributed by atoms with Gasteiger partial charge in [0.15, 0.2) is 0 Å². The summed E-state index contributed by atoms with van der Waals surface area (Å²) >= 11 is 0. The minimum absolute atomic E-state index is 0.0497. The van der Waals surface area contributed by atoms with Crippen molar-refractivity contribution < 1.29 is 14.2 Å². The Morgan fingerprint density at radius 1 is 1.33 bits per heavy atom. The first-order chi connectivity index (χ1) is 8.81. The summed E-state index contributed by atoms with van der Waals surface area (Å²) in [5.74, 6) is 1.73. The highest BCUT2D eigenvalue weighted by Gasteiger charge is 2.36. The molecule has 0 aromatic heterocycles. The van der Waals surface area contributed by atoms with Gasteiger partial charge in [0.1, 0.15) is 11.9 Å². The van der Waals surface area contributed by atoms with Gasteiger partial charge < -0.3 is 14.2 Å². The van der Waals surface area contributed by atoms with Gasteiger partial charge in [0.25, 0.3) is 0 Å². The summed E-state index contributed by atoms with van der Waals surface area (Å²) in [6, 6.07) is 8.20. The third-order valence-corrected chi connectivity index (χ3v) is 3.39. The summed E-state index contributed by atoms with van der Waals surface area (Å²) in [6.07, 6.45) is 3.83. The first-order valence-corrected chi connectivity index (χ1v) is 6.80. The fraction of sp³-hybridized carbons (Fsp3) is 0.600. The highest BCUT2D eigenvalue weighted by molar-refractivity contribution is 5.29. The van der Waals surface area contributed by atoms with E-state index in [1.807, 2.05) is 19.1 Å². The summed E-state index contributed by atoms with van der Waals surface area (Å²) in [4.78, 5) is 0. The van der Waals surface area contributed by atoms with Crippen molar-refractivity contribution in [2.24, 2.45) is 5.92 Å². The lowest BCUT2D eigenvalue weighted by Gasteiger charge is -2.06. The summed E-state index contributed by atoms with van der Waals surface area (Å²) < 4.78 is 16.6. The molecular formula is C15H20O3. The van der Waals surface area contributed by atoms with E-state index >= 15 is 0 Å². The molecule has 1 heterocycles. The van der Waals surface area contributed by atoms with E-state index in [1.165, 1.54) is 18.4 Å². The fourth-order valence-electron chi connectivity index (χ4n) is 1.92. The quantitative estimate of drug-likeness (QED) is 0.549. The van der Waals surface area contributed by atoms with E-state index in [0.29, 0.717) is 0 Å². The Labute approximate surface area is 108 Å². The maximum absolute atomic E-state index is 5.67. The van der Waals surface area contributed by atoms with Crippen LogP contribution in [0, 0.1) is 5.92 Å². The molecule has 2 aliphatic rings. The van der Waals surface area contributed by atoms with Crippen molar-refractivity contribution in [3.63, 3.8) is 0 Å². The SMILES string of the molecule is C[C@@H]1OC1Oc1cccc(CCOCC2CC2)c1. The molecule has 18 heavy (non-hydrogen) atoms. The summed E-state index contributed by atoms with van der Waals surface area (Å²) in [5, 5.41) is 0. The number of ether oxygens (including phenoxy) is 3. The van der Waals surface area contributed by atoms with Crippen LogP contribution in [-0.2, 0) is 15.9 Å². The van der Waals surface area contributed by atoms with Crippen LogP contribution in [0.5, 0.6) is 5.75 Å². The minimum atomic E-state index is -0.0497. The van der Waals surface area contributed by atoms with E-state index in [-0.39, 0.29) is 12.4 Å². The lowest BCUT2D eigenvalue weighted by atomic mass is 10.1. The van der Waals surface area contributed by atoms with Gasteiger partial charge in [0.05, 0.1) is 6.61 Å². The van der Waals surface area contributed by atoms with Crippen molar-refractivity contribution in [3.8, 4) is 5.75 Å². The van der Waals surface area contributed by atoms with E-state index in [2.05, 4.69) is 12.1 Å². The smallest absolute Gasteiger partial charge is 0.226 e. The molecule has 1 aromatic rings. The standard InChI is InChI=1S/C15H20O3/c1-11-15(17-11)18-14-4-2-3-12(9-14)7-8-16-10-13-5-6-13/h2-4,9,11,13,15H,5-8,10H2,1H3/t11-,15?/m0/s1. The van der Waals surface area contributed by atoms with Gasteiger partial charge in [-0.05, 0) is 49.8 Å². The van der Waals surface area contributed by atoms with Gasteiger partial charge in [-0.25, -0.2) is 0 Å². The lowest BCUT2D eigenvalue weighted by molar-refractivity contribution is 0.127. The Hall–Kier alpha value is -1.06. The first kappa shape index (κ1) is 12.0. The van der Waals surface area contributed by atoms with Crippen LogP contribution >= 0.6 is 0 Å². The maximum atomic E-state index is 5.67. The Morgan fingerprint density at radius 2 is 2.17 bits per heavy atom. The Morgan fingerprint density at radius 3 is 2.89 bits per heavy atom.